The SMILES string of the molecule is C#CCn1c(=NC(=O)c2cc3cccc(OCC)c3o2)sc2cc(SC)ccc21. The van der Waals surface area contributed by atoms with E-state index in [-0.39, 0.29) is 5.76 Å². The smallest absolute Gasteiger partial charge is 0.315 e. The van der Waals surface area contributed by atoms with Gasteiger partial charge >= 0.3 is 5.91 Å². The number of thiazole rings is 1. The molecule has 0 spiro atoms. The Hall–Kier alpha value is -2.95. The number of ether oxygens (including phenoxy) is 1. The van der Waals surface area contributed by atoms with Gasteiger partial charge < -0.3 is 13.7 Å². The highest BCUT2D eigenvalue weighted by Gasteiger charge is 2.16. The predicted molar refractivity (Wildman–Crippen MR) is 118 cm³/mol. The predicted octanol–water partition coefficient (Wildman–Crippen LogP) is 4.94. The first kappa shape index (κ1) is 19.4. The van der Waals surface area contributed by atoms with Crippen LogP contribution in [0.1, 0.15) is 17.5 Å². The van der Waals surface area contributed by atoms with Crippen LogP contribution in [0.5, 0.6) is 5.75 Å². The molecule has 2 aromatic heterocycles. The summed E-state index contributed by atoms with van der Waals surface area (Å²) in [7, 11) is 0. The van der Waals surface area contributed by atoms with Crippen molar-refractivity contribution in [3.8, 4) is 18.1 Å². The summed E-state index contributed by atoms with van der Waals surface area (Å²) in [6, 6.07) is 13.4. The van der Waals surface area contributed by atoms with Crippen molar-refractivity contribution in [2.45, 2.75) is 18.4 Å². The van der Waals surface area contributed by atoms with Crippen LogP contribution < -0.4 is 9.54 Å². The number of thioether (sulfide) groups is 1. The fraction of sp³-hybridized carbons (Fsp3) is 0.182. The number of benzene rings is 2. The van der Waals surface area contributed by atoms with E-state index in [1.807, 2.05) is 48.1 Å². The van der Waals surface area contributed by atoms with Crippen LogP contribution >= 0.6 is 23.1 Å². The minimum atomic E-state index is -0.453. The third-order valence-corrected chi connectivity index (χ3v) is 6.12. The largest absolute Gasteiger partial charge is 0.490 e. The highest BCUT2D eigenvalue weighted by atomic mass is 32.2. The van der Waals surface area contributed by atoms with Gasteiger partial charge in [0.15, 0.2) is 21.9 Å². The van der Waals surface area contributed by atoms with E-state index in [2.05, 4.69) is 17.0 Å². The fourth-order valence-electron chi connectivity index (χ4n) is 3.06. The number of nitrogens with zero attached hydrogens (tertiary/aromatic N) is 2. The minimum absolute atomic E-state index is 0.168. The van der Waals surface area contributed by atoms with E-state index < -0.39 is 5.91 Å². The van der Waals surface area contributed by atoms with Gasteiger partial charge in [-0.25, -0.2) is 0 Å². The number of aromatic nitrogens is 1. The molecule has 146 valence electrons. The number of terminal acetylenes is 1. The topological polar surface area (TPSA) is 56.7 Å². The molecular formula is C22H18N2O3S2. The second-order valence-electron chi connectivity index (χ2n) is 6.14. The zero-order valence-electron chi connectivity index (χ0n) is 16.0. The van der Waals surface area contributed by atoms with Gasteiger partial charge in [-0.1, -0.05) is 29.4 Å². The Morgan fingerprint density at radius 2 is 2.21 bits per heavy atom. The van der Waals surface area contributed by atoms with Crippen LogP contribution in [0.15, 0.2) is 56.8 Å². The number of carbonyl (C=O) groups excluding carboxylic acids is 1. The van der Waals surface area contributed by atoms with Crippen LogP contribution in [0.2, 0.25) is 0 Å². The summed E-state index contributed by atoms with van der Waals surface area (Å²) in [5, 5.41) is 0.798. The van der Waals surface area contributed by atoms with Gasteiger partial charge in [0.2, 0.25) is 0 Å². The molecular weight excluding hydrogens is 404 g/mol. The monoisotopic (exact) mass is 422 g/mol. The number of hydrogen-bond donors (Lipinski definition) is 0. The first-order valence-corrected chi connectivity index (χ1v) is 11.0. The molecule has 0 aliphatic rings. The molecule has 0 aliphatic heterocycles. The number of carbonyl (C=O) groups is 1. The zero-order valence-corrected chi connectivity index (χ0v) is 17.6. The van der Waals surface area contributed by atoms with Crippen molar-refractivity contribution in [2.24, 2.45) is 4.99 Å². The molecule has 4 rings (SSSR count). The minimum Gasteiger partial charge on any atom is -0.490 e. The van der Waals surface area contributed by atoms with E-state index in [4.69, 9.17) is 15.6 Å². The van der Waals surface area contributed by atoms with E-state index in [1.54, 1.807) is 17.8 Å². The van der Waals surface area contributed by atoms with Crippen molar-refractivity contribution < 1.29 is 13.9 Å². The Labute approximate surface area is 176 Å². The number of hydrogen-bond acceptors (Lipinski definition) is 5. The fourth-order valence-corrected chi connectivity index (χ4v) is 4.64. The maximum atomic E-state index is 12.8. The molecule has 5 nitrogen and oxygen atoms in total. The lowest BCUT2D eigenvalue weighted by molar-refractivity contribution is 0.0973. The Balaban J connectivity index is 1.81. The van der Waals surface area contributed by atoms with Gasteiger partial charge in [0.05, 0.1) is 23.4 Å². The van der Waals surface area contributed by atoms with Crippen LogP contribution in [0, 0.1) is 12.3 Å². The molecule has 0 radical (unpaired) electrons. The molecule has 1 amide bonds. The first-order valence-electron chi connectivity index (χ1n) is 9.00. The van der Waals surface area contributed by atoms with Crippen molar-refractivity contribution in [1.82, 2.24) is 4.57 Å². The molecule has 0 saturated heterocycles. The maximum Gasteiger partial charge on any atom is 0.315 e. The van der Waals surface area contributed by atoms with Gasteiger partial charge in [-0.3, -0.25) is 4.79 Å². The summed E-state index contributed by atoms with van der Waals surface area (Å²) < 4.78 is 14.3. The molecule has 4 aromatic rings. The molecule has 2 heterocycles. The summed E-state index contributed by atoms with van der Waals surface area (Å²) in [6.45, 7) is 2.75. The van der Waals surface area contributed by atoms with Gasteiger partial charge in [-0.15, -0.1) is 18.2 Å². The van der Waals surface area contributed by atoms with Crippen LogP contribution in [0.25, 0.3) is 21.2 Å². The van der Waals surface area contributed by atoms with Crippen LogP contribution in [0.3, 0.4) is 0 Å². The molecule has 0 bridgehead atoms. The number of para-hydroxylation sites is 1. The number of fused-ring (bicyclic) bond motifs is 2. The summed E-state index contributed by atoms with van der Waals surface area (Å²) in [5.41, 5.74) is 1.51. The maximum absolute atomic E-state index is 12.8. The van der Waals surface area contributed by atoms with E-state index in [0.29, 0.717) is 29.3 Å². The highest BCUT2D eigenvalue weighted by molar-refractivity contribution is 7.98. The quantitative estimate of drug-likeness (QED) is 0.338. The summed E-state index contributed by atoms with van der Waals surface area (Å²) >= 11 is 3.10. The second-order valence-corrected chi connectivity index (χ2v) is 8.03. The Morgan fingerprint density at radius 1 is 1.34 bits per heavy atom. The van der Waals surface area contributed by atoms with E-state index >= 15 is 0 Å². The Morgan fingerprint density at radius 3 is 2.97 bits per heavy atom. The molecule has 0 atom stereocenters. The zero-order chi connectivity index (χ0) is 20.4. The van der Waals surface area contributed by atoms with Crippen molar-refractivity contribution >= 4 is 50.2 Å². The Kier molecular flexibility index (Phi) is 5.47. The molecule has 0 unspecified atom stereocenters. The lowest BCUT2D eigenvalue weighted by Gasteiger charge is -2.02. The third-order valence-electron chi connectivity index (χ3n) is 4.36. The molecule has 0 fully saturated rings. The average Bonchev–Trinajstić information content (AvgIpc) is 3.30. The summed E-state index contributed by atoms with van der Waals surface area (Å²) in [5.74, 6) is 2.97. The van der Waals surface area contributed by atoms with Crippen LogP contribution in [0.4, 0.5) is 0 Å². The number of amides is 1. The molecule has 2 aromatic carbocycles. The lowest BCUT2D eigenvalue weighted by atomic mass is 10.2. The lowest BCUT2D eigenvalue weighted by Crippen LogP contribution is -2.16. The van der Waals surface area contributed by atoms with E-state index in [1.165, 1.54) is 11.3 Å². The van der Waals surface area contributed by atoms with Crippen LogP contribution in [-0.2, 0) is 6.54 Å². The van der Waals surface area contributed by atoms with Gasteiger partial charge in [0.1, 0.15) is 0 Å². The van der Waals surface area contributed by atoms with Gasteiger partial charge in [0, 0.05) is 10.3 Å². The van der Waals surface area contributed by atoms with Gasteiger partial charge in [-0.05, 0) is 43.5 Å². The first-order chi connectivity index (χ1) is 14.1. The summed E-state index contributed by atoms with van der Waals surface area (Å²) in [6.07, 6.45) is 7.57. The third kappa shape index (κ3) is 3.69. The standard InChI is InChI=1S/C22H18N2O3S2/c1-4-11-24-16-10-9-15(28-3)13-19(16)29-22(24)23-21(25)18-12-14-7-6-8-17(26-5-2)20(14)27-18/h1,6-10,12-13H,5,11H2,2-3H3. The number of furan rings is 1. The van der Waals surface area contributed by atoms with Crippen molar-refractivity contribution in [3.63, 3.8) is 0 Å². The normalized spacial score (nSPS) is 11.8. The van der Waals surface area contributed by atoms with Gasteiger partial charge in [-0.2, -0.15) is 4.99 Å². The molecule has 0 aliphatic carbocycles. The van der Waals surface area contributed by atoms with Crippen molar-refractivity contribution in [3.05, 3.63) is 53.0 Å². The van der Waals surface area contributed by atoms with Crippen molar-refractivity contribution in [1.29, 1.82) is 0 Å². The molecule has 0 saturated carbocycles. The van der Waals surface area contributed by atoms with Crippen LogP contribution in [-0.4, -0.2) is 23.3 Å². The average molecular weight is 423 g/mol. The summed E-state index contributed by atoms with van der Waals surface area (Å²) in [4.78, 5) is 18.9. The van der Waals surface area contributed by atoms with Gasteiger partial charge in [0.25, 0.3) is 0 Å². The van der Waals surface area contributed by atoms with E-state index in [0.717, 1.165) is 20.5 Å². The number of rotatable bonds is 5. The second kappa shape index (κ2) is 8.19. The molecule has 0 N–H and O–H groups in total. The molecule has 7 heteroatoms. The highest BCUT2D eigenvalue weighted by Crippen LogP contribution is 2.29. The Bertz CT molecular complexity index is 1320. The van der Waals surface area contributed by atoms with Crippen molar-refractivity contribution in [2.75, 3.05) is 12.9 Å². The van der Waals surface area contributed by atoms with E-state index in [9.17, 15) is 4.79 Å². The molecule has 29 heavy (non-hydrogen) atoms.